The van der Waals surface area contributed by atoms with Crippen molar-refractivity contribution in [2.75, 3.05) is 38.2 Å². The molecule has 0 saturated carbocycles. The summed E-state index contributed by atoms with van der Waals surface area (Å²) in [4.78, 5) is 4.89. The van der Waals surface area contributed by atoms with Crippen molar-refractivity contribution in [2.24, 2.45) is 0 Å². The molecule has 1 aliphatic rings. The summed E-state index contributed by atoms with van der Waals surface area (Å²) in [5, 5.41) is 0.835. The minimum Gasteiger partial charge on any atom is -0.497 e. The zero-order valence-corrected chi connectivity index (χ0v) is 14.5. The van der Waals surface area contributed by atoms with Crippen molar-refractivity contribution < 1.29 is 4.74 Å². The first-order chi connectivity index (χ1) is 11.2. The van der Waals surface area contributed by atoms with Crippen LogP contribution >= 0.6 is 11.6 Å². The first-order valence-corrected chi connectivity index (χ1v) is 8.44. The van der Waals surface area contributed by atoms with Crippen LogP contribution < -0.4 is 9.64 Å². The lowest BCUT2D eigenvalue weighted by atomic mass is 10.1. The van der Waals surface area contributed by atoms with E-state index in [2.05, 4.69) is 41.0 Å². The van der Waals surface area contributed by atoms with Crippen molar-refractivity contribution in [2.45, 2.75) is 13.0 Å². The van der Waals surface area contributed by atoms with Crippen molar-refractivity contribution in [3.63, 3.8) is 0 Å². The van der Waals surface area contributed by atoms with Crippen molar-refractivity contribution in [1.82, 2.24) is 4.90 Å². The summed E-state index contributed by atoms with van der Waals surface area (Å²) in [6, 6.07) is 16.8. The van der Waals surface area contributed by atoms with Gasteiger partial charge in [-0.3, -0.25) is 4.90 Å². The highest BCUT2D eigenvalue weighted by Gasteiger charge is 2.23. The Morgan fingerprint density at radius 2 is 1.74 bits per heavy atom. The summed E-state index contributed by atoms with van der Waals surface area (Å²) >= 11 is 6.32. The minimum atomic E-state index is 0.387. The van der Waals surface area contributed by atoms with Gasteiger partial charge in [-0.05, 0) is 36.8 Å². The maximum absolute atomic E-state index is 6.32. The highest BCUT2D eigenvalue weighted by molar-refractivity contribution is 6.33. The van der Waals surface area contributed by atoms with Crippen LogP contribution in [0, 0.1) is 0 Å². The van der Waals surface area contributed by atoms with E-state index in [1.807, 2.05) is 24.3 Å². The lowest BCUT2D eigenvalue weighted by Crippen LogP contribution is -2.47. The van der Waals surface area contributed by atoms with Crippen LogP contribution in [0.2, 0.25) is 5.02 Å². The number of piperazine rings is 1. The van der Waals surface area contributed by atoms with Crippen LogP contribution in [0.1, 0.15) is 18.5 Å². The molecule has 0 N–H and O–H groups in total. The molecule has 2 aromatic rings. The van der Waals surface area contributed by atoms with E-state index < -0.39 is 0 Å². The third kappa shape index (κ3) is 3.62. The van der Waals surface area contributed by atoms with Gasteiger partial charge in [-0.15, -0.1) is 0 Å². The average Bonchev–Trinajstić information content (AvgIpc) is 2.62. The molecule has 1 aliphatic heterocycles. The molecule has 122 valence electrons. The van der Waals surface area contributed by atoms with Crippen LogP contribution in [-0.4, -0.2) is 38.2 Å². The van der Waals surface area contributed by atoms with Crippen LogP contribution in [0.4, 0.5) is 5.69 Å². The van der Waals surface area contributed by atoms with Gasteiger partial charge in [0.05, 0.1) is 17.8 Å². The van der Waals surface area contributed by atoms with E-state index in [0.29, 0.717) is 6.04 Å². The second-order valence-electron chi connectivity index (χ2n) is 5.93. The molecule has 0 amide bonds. The molecule has 0 aromatic heterocycles. The summed E-state index contributed by atoms with van der Waals surface area (Å²) in [6.07, 6.45) is 0. The van der Waals surface area contributed by atoms with Gasteiger partial charge < -0.3 is 9.64 Å². The Morgan fingerprint density at radius 3 is 2.43 bits per heavy atom. The van der Waals surface area contributed by atoms with Crippen molar-refractivity contribution in [1.29, 1.82) is 0 Å². The number of methoxy groups -OCH3 is 1. The summed E-state index contributed by atoms with van der Waals surface area (Å²) in [5.74, 6) is 0.920. The van der Waals surface area contributed by atoms with Gasteiger partial charge in [-0.25, -0.2) is 0 Å². The molecule has 3 nitrogen and oxygen atoms in total. The monoisotopic (exact) mass is 330 g/mol. The molecule has 2 aromatic carbocycles. The number of anilines is 1. The van der Waals surface area contributed by atoms with E-state index in [1.54, 1.807) is 7.11 Å². The Balaban J connectivity index is 1.65. The van der Waals surface area contributed by atoms with Crippen LogP contribution in [0.3, 0.4) is 0 Å². The maximum atomic E-state index is 6.32. The van der Waals surface area contributed by atoms with E-state index in [0.717, 1.165) is 42.6 Å². The number of halogens is 1. The molecule has 0 bridgehead atoms. The molecule has 23 heavy (non-hydrogen) atoms. The van der Waals surface area contributed by atoms with E-state index in [4.69, 9.17) is 16.3 Å². The first kappa shape index (κ1) is 16.2. The molecular formula is C19H23ClN2O. The van der Waals surface area contributed by atoms with Crippen molar-refractivity contribution >= 4 is 17.3 Å². The molecule has 0 radical (unpaired) electrons. The SMILES string of the molecule is COc1cccc(C(C)N2CCN(c3ccccc3Cl)CC2)c1. The summed E-state index contributed by atoms with van der Waals surface area (Å²) in [7, 11) is 1.71. The molecule has 1 heterocycles. The lowest BCUT2D eigenvalue weighted by molar-refractivity contribution is 0.198. The summed E-state index contributed by atoms with van der Waals surface area (Å²) < 4.78 is 5.34. The number of benzene rings is 2. The molecule has 1 fully saturated rings. The van der Waals surface area contributed by atoms with Gasteiger partial charge in [-0.1, -0.05) is 35.9 Å². The number of nitrogens with zero attached hydrogens (tertiary/aromatic N) is 2. The van der Waals surface area contributed by atoms with Crippen LogP contribution in [0.5, 0.6) is 5.75 Å². The largest absolute Gasteiger partial charge is 0.497 e. The molecule has 1 atom stereocenters. The van der Waals surface area contributed by atoms with Gasteiger partial charge >= 0.3 is 0 Å². The first-order valence-electron chi connectivity index (χ1n) is 8.06. The smallest absolute Gasteiger partial charge is 0.119 e. The number of ether oxygens (including phenoxy) is 1. The van der Waals surface area contributed by atoms with E-state index in [-0.39, 0.29) is 0 Å². The lowest BCUT2D eigenvalue weighted by Gasteiger charge is -2.39. The van der Waals surface area contributed by atoms with Crippen molar-refractivity contribution in [3.8, 4) is 5.75 Å². The Hall–Kier alpha value is -1.71. The van der Waals surface area contributed by atoms with Gasteiger partial charge in [0.2, 0.25) is 0 Å². The average molecular weight is 331 g/mol. The normalized spacial score (nSPS) is 17.1. The number of hydrogen-bond acceptors (Lipinski definition) is 3. The Labute approximate surface area is 143 Å². The number of para-hydroxylation sites is 1. The van der Waals surface area contributed by atoms with E-state index in [1.165, 1.54) is 5.56 Å². The molecule has 4 heteroatoms. The maximum Gasteiger partial charge on any atom is 0.119 e. The number of hydrogen-bond donors (Lipinski definition) is 0. The Morgan fingerprint density at radius 1 is 1.00 bits per heavy atom. The van der Waals surface area contributed by atoms with Crippen LogP contribution in [-0.2, 0) is 0 Å². The van der Waals surface area contributed by atoms with Crippen LogP contribution in [0.25, 0.3) is 0 Å². The van der Waals surface area contributed by atoms with Gasteiger partial charge in [0.1, 0.15) is 5.75 Å². The summed E-state index contributed by atoms with van der Waals surface area (Å²) in [5.41, 5.74) is 2.44. The third-order valence-corrected chi connectivity index (χ3v) is 4.95. The quantitative estimate of drug-likeness (QED) is 0.834. The predicted octanol–water partition coefficient (Wildman–Crippen LogP) is 4.23. The second-order valence-corrected chi connectivity index (χ2v) is 6.33. The van der Waals surface area contributed by atoms with Crippen molar-refractivity contribution in [3.05, 3.63) is 59.1 Å². The fourth-order valence-corrected chi connectivity index (χ4v) is 3.43. The van der Waals surface area contributed by atoms with Gasteiger partial charge in [0, 0.05) is 32.2 Å². The highest BCUT2D eigenvalue weighted by atomic mass is 35.5. The topological polar surface area (TPSA) is 15.7 Å². The predicted molar refractivity (Wildman–Crippen MR) is 96.6 cm³/mol. The summed E-state index contributed by atoms with van der Waals surface area (Å²) in [6.45, 7) is 6.32. The molecule has 0 spiro atoms. The fraction of sp³-hybridized carbons (Fsp3) is 0.368. The molecule has 3 rings (SSSR count). The van der Waals surface area contributed by atoms with Gasteiger partial charge in [0.25, 0.3) is 0 Å². The zero-order chi connectivity index (χ0) is 16.2. The molecule has 0 aliphatic carbocycles. The second kappa shape index (κ2) is 7.24. The van der Waals surface area contributed by atoms with Crippen LogP contribution in [0.15, 0.2) is 48.5 Å². The van der Waals surface area contributed by atoms with Gasteiger partial charge in [0.15, 0.2) is 0 Å². The standard InChI is InChI=1S/C19H23ClN2O/c1-15(16-6-5-7-17(14-16)23-2)21-10-12-22(13-11-21)19-9-4-3-8-18(19)20/h3-9,14-15H,10-13H2,1-2H3. The molecule has 1 saturated heterocycles. The number of rotatable bonds is 4. The highest BCUT2D eigenvalue weighted by Crippen LogP contribution is 2.29. The third-order valence-electron chi connectivity index (χ3n) is 4.63. The molecular weight excluding hydrogens is 308 g/mol. The Bertz CT molecular complexity index is 653. The zero-order valence-electron chi connectivity index (χ0n) is 13.7. The molecule has 1 unspecified atom stereocenters. The van der Waals surface area contributed by atoms with E-state index >= 15 is 0 Å². The Kier molecular flexibility index (Phi) is 5.09. The van der Waals surface area contributed by atoms with E-state index in [9.17, 15) is 0 Å². The fourth-order valence-electron chi connectivity index (χ4n) is 3.17. The minimum absolute atomic E-state index is 0.387. The van der Waals surface area contributed by atoms with Gasteiger partial charge in [-0.2, -0.15) is 0 Å².